The maximum atomic E-state index is 13.5. The number of piperidine rings is 1. The number of carbonyl (C=O) groups excluding carboxylic acids is 1. The van der Waals surface area contributed by atoms with Crippen molar-refractivity contribution in [2.24, 2.45) is 0 Å². The average molecular weight is 296 g/mol. The summed E-state index contributed by atoms with van der Waals surface area (Å²) >= 11 is 0. The van der Waals surface area contributed by atoms with Crippen molar-refractivity contribution in [2.75, 3.05) is 26.7 Å². The number of alkyl halides is 1. The number of rotatable bonds is 5. The van der Waals surface area contributed by atoms with Crippen LogP contribution in [0.25, 0.3) is 0 Å². The Morgan fingerprint density at radius 3 is 2.76 bits per heavy atom. The van der Waals surface area contributed by atoms with E-state index in [1.807, 2.05) is 24.0 Å². The number of ether oxygens (including phenoxy) is 2. The zero-order chi connectivity index (χ0) is 15.2. The molecule has 2 rings (SSSR count). The van der Waals surface area contributed by atoms with Crippen molar-refractivity contribution in [3.63, 3.8) is 0 Å². The quantitative estimate of drug-likeness (QED) is 0.775. The smallest absolute Gasteiger partial charge is 0.341 e. The van der Waals surface area contributed by atoms with E-state index in [1.54, 1.807) is 6.20 Å². The second kappa shape index (κ2) is 7.36. The highest BCUT2D eigenvalue weighted by Crippen LogP contribution is 2.18. The van der Waals surface area contributed by atoms with Crippen LogP contribution in [0.2, 0.25) is 0 Å². The minimum atomic E-state index is -1.58. The number of hydrogen-bond donors (Lipinski definition) is 0. The van der Waals surface area contributed by atoms with Gasteiger partial charge in [0, 0.05) is 31.9 Å². The summed E-state index contributed by atoms with van der Waals surface area (Å²) in [6.45, 7) is 3.47. The summed E-state index contributed by atoms with van der Waals surface area (Å²) < 4.78 is 23.7. The second-order valence-electron chi connectivity index (χ2n) is 5.28. The summed E-state index contributed by atoms with van der Waals surface area (Å²) in [6, 6.07) is 3.82. The summed E-state index contributed by atoms with van der Waals surface area (Å²) in [5.41, 5.74) is 1.09. The molecule has 0 aliphatic carbocycles. The Labute approximate surface area is 124 Å². The molecule has 0 aromatic carbocycles. The van der Waals surface area contributed by atoms with E-state index in [-0.39, 0.29) is 12.6 Å². The molecule has 1 aliphatic heterocycles. The van der Waals surface area contributed by atoms with E-state index in [0.29, 0.717) is 19.0 Å². The fourth-order valence-electron chi connectivity index (χ4n) is 2.33. The van der Waals surface area contributed by atoms with Crippen LogP contribution in [0.15, 0.2) is 18.3 Å². The number of carbonyl (C=O) groups is 1. The van der Waals surface area contributed by atoms with Crippen molar-refractivity contribution in [3.05, 3.63) is 23.9 Å². The predicted molar refractivity (Wildman–Crippen MR) is 76.0 cm³/mol. The number of nitrogens with zero attached hydrogens (tertiary/aromatic N) is 2. The van der Waals surface area contributed by atoms with Crippen LogP contribution in [-0.2, 0) is 9.53 Å². The van der Waals surface area contributed by atoms with Crippen LogP contribution in [0.1, 0.15) is 18.4 Å². The molecule has 0 bridgehead atoms. The summed E-state index contributed by atoms with van der Waals surface area (Å²) in [6.07, 6.45) is 1.88. The Bertz CT molecular complexity index is 458. The van der Waals surface area contributed by atoms with Gasteiger partial charge in [-0.2, -0.15) is 0 Å². The van der Waals surface area contributed by atoms with Crippen LogP contribution in [0.3, 0.4) is 0 Å². The molecule has 1 saturated heterocycles. The van der Waals surface area contributed by atoms with Gasteiger partial charge in [0.15, 0.2) is 0 Å². The third-order valence-corrected chi connectivity index (χ3v) is 3.58. The first-order valence-electron chi connectivity index (χ1n) is 7.12. The number of methoxy groups -OCH3 is 1. The number of aromatic nitrogens is 1. The zero-order valence-electron chi connectivity index (χ0n) is 12.4. The fraction of sp³-hybridized carbons (Fsp3) is 0.600. The van der Waals surface area contributed by atoms with Crippen molar-refractivity contribution in [3.8, 4) is 5.88 Å². The molecule has 116 valence electrons. The van der Waals surface area contributed by atoms with Gasteiger partial charge in [0.25, 0.3) is 0 Å². The molecule has 1 atom stereocenters. The molecule has 0 spiro atoms. The van der Waals surface area contributed by atoms with Crippen molar-refractivity contribution >= 4 is 5.97 Å². The number of aryl methyl sites for hydroxylation is 1. The molecule has 1 fully saturated rings. The number of pyridine rings is 1. The largest absolute Gasteiger partial charge is 0.474 e. The molecule has 1 aliphatic rings. The van der Waals surface area contributed by atoms with Crippen LogP contribution in [0.5, 0.6) is 5.88 Å². The molecule has 0 N–H and O–H groups in total. The van der Waals surface area contributed by atoms with Gasteiger partial charge in [0.2, 0.25) is 12.1 Å². The SMILES string of the molecule is COC(=O)C(F)CN1CCC(Oc2ccc(C)cn2)CC1. The lowest BCUT2D eigenvalue weighted by Crippen LogP contribution is -2.42. The van der Waals surface area contributed by atoms with E-state index >= 15 is 0 Å². The fourth-order valence-corrected chi connectivity index (χ4v) is 2.33. The first kappa shape index (κ1) is 15.7. The summed E-state index contributed by atoms with van der Waals surface area (Å²) in [5, 5.41) is 0. The van der Waals surface area contributed by atoms with Crippen LogP contribution < -0.4 is 4.74 Å². The van der Waals surface area contributed by atoms with E-state index in [2.05, 4.69) is 9.72 Å². The van der Waals surface area contributed by atoms with E-state index < -0.39 is 12.1 Å². The number of halogens is 1. The highest BCUT2D eigenvalue weighted by molar-refractivity contribution is 5.74. The molecule has 6 heteroatoms. The minimum absolute atomic E-state index is 0.0855. The average Bonchev–Trinajstić information content (AvgIpc) is 2.50. The van der Waals surface area contributed by atoms with Crippen molar-refractivity contribution < 1.29 is 18.7 Å². The number of likely N-dealkylation sites (tertiary alicyclic amines) is 1. The molecule has 21 heavy (non-hydrogen) atoms. The highest BCUT2D eigenvalue weighted by Gasteiger charge is 2.26. The molecule has 1 aromatic heterocycles. The highest BCUT2D eigenvalue weighted by atomic mass is 19.1. The Morgan fingerprint density at radius 2 is 2.19 bits per heavy atom. The van der Waals surface area contributed by atoms with Crippen LogP contribution in [-0.4, -0.2) is 54.9 Å². The summed E-state index contributed by atoms with van der Waals surface area (Å²) in [4.78, 5) is 17.2. The van der Waals surface area contributed by atoms with Gasteiger partial charge in [-0.25, -0.2) is 14.2 Å². The molecule has 1 aromatic rings. The third kappa shape index (κ3) is 4.67. The molecular formula is C15H21FN2O3. The van der Waals surface area contributed by atoms with Gasteiger partial charge < -0.3 is 9.47 Å². The molecule has 0 radical (unpaired) electrons. The topological polar surface area (TPSA) is 51.7 Å². The maximum Gasteiger partial charge on any atom is 0.341 e. The van der Waals surface area contributed by atoms with Crippen molar-refractivity contribution in [1.29, 1.82) is 0 Å². The van der Waals surface area contributed by atoms with Gasteiger partial charge >= 0.3 is 5.97 Å². The second-order valence-corrected chi connectivity index (χ2v) is 5.28. The lowest BCUT2D eigenvalue weighted by Gasteiger charge is -2.32. The van der Waals surface area contributed by atoms with Gasteiger partial charge in [-0.05, 0) is 25.3 Å². The molecular weight excluding hydrogens is 275 g/mol. The van der Waals surface area contributed by atoms with Gasteiger partial charge in [-0.3, -0.25) is 4.90 Å². The van der Waals surface area contributed by atoms with E-state index in [1.165, 1.54) is 7.11 Å². The van der Waals surface area contributed by atoms with Gasteiger partial charge in [-0.15, -0.1) is 0 Å². The maximum absolute atomic E-state index is 13.5. The lowest BCUT2D eigenvalue weighted by molar-refractivity contribution is -0.147. The predicted octanol–water partition coefficient (Wildman–Crippen LogP) is 1.74. The van der Waals surface area contributed by atoms with E-state index in [9.17, 15) is 9.18 Å². The molecule has 0 amide bonds. The van der Waals surface area contributed by atoms with E-state index in [0.717, 1.165) is 18.4 Å². The van der Waals surface area contributed by atoms with Gasteiger partial charge in [0.1, 0.15) is 6.10 Å². The standard InChI is InChI=1S/C15H21FN2O3/c1-11-3-4-14(17-9-11)21-12-5-7-18(8-6-12)10-13(16)15(19)20-2/h3-4,9,12-13H,5-8,10H2,1-2H3. The monoisotopic (exact) mass is 296 g/mol. The van der Waals surface area contributed by atoms with Crippen molar-refractivity contribution in [1.82, 2.24) is 9.88 Å². The first-order chi connectivity index (χ1) is 10.1. The normalized spacial score (nSPS) is 18.2. The molecule has 5 nitrogen and oxygen atoms in total. The number of esters is 1. The molecule has 2 heterocycles. The van der Waals surface area contributed by atoms with Crippen LogP contribution in [0.4, 0.5) is 4.39 Å². The minimum Gasteiger partial charge on any atom is -0.474 e. The Hall–Kier alpha value is -1.69. The van der Waals surface area contributed by atoms with E-state index in [4.69, 9.17) is 4.74 Å². The molecule has 0 saturated carbocycles. The summed E-state index contributed by atoms with van der Waals surface area (Å²) in [7, 11) is 1.20. The summed E-state index contributed by atoms with van der Waals surface area (Å²) in [5.74, 6) is -0.186. The zero-order valence-corrected chi connectivity index (χ0v) is 12.4. The van der Waals surface area contributed by atoms with Gasteiger partial charge in [-0.1, -0.05) is 6.07 Å². The van der Waals surface area contributed by atoms with Crippen molar-refractivity contribution in [2.45, 2.75) is 32.0 Å². The Balaban J connectivity index is 1.75. The Morgan fingerprint density at radius 1 is 1.48 bits per heavy atom. The van der Waals surface area contributed by atoms with Gasteiger partial charge in [0.05, 0.1) is 7.11 Å². The Kier molecular flexibility index (Phi) is 5.50. The van der Waals surface area contributed by atoms with Crippen LogP contribution >= 0.6 is 0 Å². The first-order valence-corrected chi connectivity index (χ1v) is 7.12. The molecule has 1 unspecified atom stereocenters. The number of hydrogen-bond acceptors (Lipinski definition) is 5. The lowest BCUT2D eigenvalue weighted by atomic mass is 10.1. The van der Waals surface area contributed by atoms with Crippen LogP contribution in [0, 0.1) is 6.92 Å². The third-order valence-electron chi connectivity index (χ3n) is 3.58.